The Hall–Kier alpha value is -0.940. The van der Waals surface area contributed by atoms with Crippen LogP contribution in [0, 0.1) is 5.92 Å². The minimum absolute atomic E-state index is 0.0137. The summed E-state index contributed by atoms with van der Waals surface area (Å²) in [7, 11) is 1.56. The van der Waals surface area contributed by atoms with Gasteiger partial charge in [-0.15, -0.1) is 11.6 Å². The third-order valence-electron chi connectivity index (χ3n) is 2.50. The van der Waals surface area contributed by atoms with Gasteiger partial charge in [0.25, 0.3) is 0 Å². The van der Waals surface area contributed by atoms with E-state index in [0.717, 1.165) is 5.56 Å². The number of ether oxygens (including phenoxy) is 2. The molecule has 0 bridgehead atoms. The minimum atomic E-state index is -4.30. The number of rotatable bonds is 7. The second-order valence-electron chi connectivity index (χ2n) is 4.21. The molecule has 0 amide bonds. The standard InChI is InChI=1S/C13H16ClF3O2/c1-18-12-4-2-3-10(6-12)5-11(7-14)8-19-9-13(15,16)17/h2-4,6,11H,5,7-9H2,1H3. The maximum atomic E-state index is 12.0. The molecule has 0 aliphatic heterocycles. The van der Waals surface area contributed by atoms with E-state index in [-0.39, 0.29) is 18.4 Å². The van der Waals surface area contributed by atoms with Crippen molar-refractivity contribution in [3.8, 4) is 5.75 Å². The maximum Gasteiger partial charge on any atom is 0.411 e. The summed E-state index contributed by atoms with van der Waals surface area (Å²) >= 11 is 5.75. The number of hydrogen-bond acceptors (Lipinski definition) is 2. The molecule has 1 aromatic carbocycles. The van der Waals surface area contributed by atoms with Crippen molar-refractivity contribution < 1.29 is 22.6 Å². The zero-order valence-corrected chi connectivity index (χ0v) is 11.3. The van der Waals surface area contributed by atoms with Crippen LogP contribution in [0.25, 0.3) is 0 Å². The molecule has 0 spiro atoms. The molecule has 0 N–H and O–H groups in total. The highest BCUT2D eigenvalue weighted by Gasteiger charge is 2.27. The van der Waals surface area contributed by atoms with E-state index in [0.29, 0.717) is 12.2 Å². The van der Waals surface area contributed by atoms with Crippen LogP contribution in [-0.4, -0.2) is 32.4 Å². The van der Waals surface area contributed by atoms with E-state index >= 15 is 0 Å². The van der Waals surface area contributed by atoms with Gasteiger partial charge < -0.3 is 9.47 Å². The molecule has 1 atom stereocenters. The highest BCUT2D eigenvalue weighted by atomic mass is 35.5. The number of methoxy groups -OCH3 is 1. The Morgan fingerprint density at radius 3 is 2.63 bits per heavy atom. The van der Waals surface area contributed by atoms with E-state index < -0.39 is 12.8 Å². The lowest BCUT2D eigenvalue weighted by Crippen LogP contribution is -2.22. The number of benzene rings is 1. The second-order valence-corrected chi connectivity index (χ2v) is 4.51. The quantitative estimate of drug-likeness (QED) is 0.715. The van der Waals surface area contributed by atoms with Gasteiger partial charge in [-0.1, -0.05) is 12.1 Å². The molecule has 0 heterocycles. The first-order chi connectivity index (χ1) is 8.94. The summed E-state index contributed by atoms with van der Waals surface area (Å²) in [5.74, 6) is 0.799. The first-order valence-electron chi connectivity index (χ1n) is 5.78. The van der Waals surface area contributed by atoms with Crippen LogP contribution < -0.4 is 4.74 Å². The molecule has 108 valence electrons. The monoisotopic (exact) mass is 296 g/mol. The van der Waals surface area contributed by atoms with Crippen molar-refractivity contribution in [3.63, 3.8) is 0 Å². The molecule has 0 saturated heterocycles. The second kappa shape index (κ2) is 7.60. The van der Waals surface area contributed by atoms with Crippen LogP contribution in [0.1, 0.15) is 5.56 Å². The Morgan fingerprint density at radius 1 is 1.32 bits per heavy atom. The molecule has 1 aromatic rings. The summed E-state index contributed by atoms with van der Waals surface area (Å²) in [5, 5.41) is 0. The van der Waals surface area contributed by atoms with Crippen molar-refractivity contribution in [2.75, 3.05) is 26.2 Å². The molecule has 1 rings (SSSR count). The van der Waals surface area contributed by atoms with Crippen molar-refractivity contribution in [1.82, 2.24) is 0 Å². The Morgan fingerprint density at radius 2 is 2.05 bits per heavy atom. The predicted molar refractivity (Wildman–Crippen MR) is 67.8 cm³/mol. The van der Waals surface area contributed by atoms with E-state index in [1.807, 2.05) is 18.2 Å². The molecule has 0 aliphatic rings. The molecule has 0 aromatic heterocycles. The van der Waals surface area contributed by atoms with Crippen LogP contribution in [0.15, 0.2) is 24.3 Å². The Balaban J connectivity index is 2.47. The molecule has 0 radical (unpaired) electrons. The Bertz CT molecular complexity index is 382. The normalized spacial score (nSPS) is 13.3. The zero-order valence-electron chi connectivity index (χ0n) is 10.5. The van der Waals surface area contributed by atoms with Crippen LogP contribution in [0.5, 0.6) is 5.75 Å². The van der Waals surface area contributed by atoms with Crippen LogP contribution >= 0.6 is 11.6 Å². The Kier molecular flexibility index (Phi) is 6.45. The van der Waals surface area contributed by atoms with Crippen LogP contribution in [-0.2, 0) is 11.2 Å². The van der Waals surface area contributed by atoms with Crippen molar-refractivity contribution in [3.05, 3.63) is 29.8 Å². The third-order valence-corrected chi connectivity index (χ3v) is 2.93. The van der Waals surface area contributed by atoms with Gasteiger partial charge in [0.15, 0.2) is 0 Å². The van der Waals surface area contributed by atoms with E-state index in [1.165, 1.54) is 0 Å². The predicted octanol–water partition coefficient (Wildman–Crippen LogP) is 3.67. The van der Waals surface area contributed by atoms with Gasteiger partial charge in [0, 0.05) is 5.88 Å². The summed E-state index contributed by atoms with van der Waals surface area (Å²) in [6, 6.07) is 7.35. The Labute approximate surface area is 115 Å². The van der Waals surface area contributed by atoms with Crippen molar-refractivity contribution in [2.24, 2.45) is 5.92 Å². The van der Waals surface area contributed by atoms with Gasteiger partial charge in [-0.2, -0.15) is 13.2 Å². The molecule has 1 unspecified atom stereocenters. The fourth-order valence-electron chi connectivity index (χ4n) is 1.63. The highest BCUT2D eigenvalue weighted by Crippen LogP contribution is 2.19. The zero-order chi connectivity index (χ0) is 14.3. The van der Waals surface area contributed by atoms with Crippen molar-refractivity contribution >= 4 is 11.6 Å². The number of hydrogen-bond donors (Lipinski definition) is 0. The first-order valence-corrected chi connectivity index (χ1v) is 6.31. The molecule has 0 fully saturated rings. The summed E-state index contributed by atoms with van der Waals surface area (Å²) < 4.78 is 45.6. The molecule has 0 saturated carbocycles. The van der Waals surface area contributed by atoms with Crippen molar-refractivity contribution in [2.45, 2.75) is 12.6 Å². The van der Waals surface area contributed by atoms with E-state index in [2.05, 4.69) is 4.74 Å². The van der Waals surface area contributed by atoms with E-state index in [9.17, 15) is 13.2 Å². The van der Waals surface area contributed by atoms with Gasteiger partial charge in [0.1, 0.15) is 12.4 Å². The van der Waals surface area contributed by atoms with Gasteiger partial charge in [-0.25, -0.2) is 0 Å². The van der Waals surface area contributed by atoms with Gasteiger partial charge in [-0.05, 0) is 30.0 Å². The van der Waals surface area contributed by atoms with Gasteiger partial charge in [0.2, 0.25) is 0 Å². The fourth-order valence-corrected chi connectivity index (χ4v) is 1.83. The van der Waals surface area contributed by atoms with Crippen molar-refractivity contribution in [1.29, 1.82) is 0 Å². The molecule has 0 aliphatic carbocycles. The number of alkyl halides is 4. The molecule has 6 heteroatoms. The lowest BCUT2D eigenvalue weighted by Gasteiger charge is -2.15. The first kappa shape index (κ1) is 16.1. The summed E-state index contributed by atoms with van der Waals surface area (Å²) in [4.78, 5) is 0. The summed E-state index contributed by atoms with van der Waals surface area (Å²) in [5.41, 5.74) is 0.959. The van der Waals surface area contributed by atoms with Crippen LogP contribution in [0.2, 0.25) is 0 Å². The summed E-state index contributed by atoms with van der Waals surface area (Å²) in [6.45, 7) is -1.25. The topological polar surface area (TPSA) is 18.5 Å². The largest absolute Gasteiger partial charge is 0.497 e. The smallest absolute Gasteiger partial charge is 0.411 e. The van der Waals surface area contributed by atoms with Crippen LogP contribution in [0.3, 0.4) is 0 Å². The van der Waals surface area contributed by atoms with Gasteiger partial charge in [0.05, 0.1) is 13.7 Å². The van der Waals surface area contributed by atoms with Gasteiger partial charge >= 0.3 is 6.18 Å². The molecule has 2 nitrogen and oxygen atoms in total. The van der Waals surface area contributed by atoms with Gasteiger partial charge in [-0.3, -0.25) is 0 Å². The fraction of sp³-hybridized carbons (Fsp3) is 0.538. The average Bonchev–Trinajstić information content (AvgIpc) is 2.36. The van der Waals surface area contributed by atoms with E-state index in [4.69, 9.17) is 16.3 Å². The molecule has 19 heavy (non-hydrogen) atoms. The lowest BCUT2D eigenvalue weighted by atomic mass is 10.0. The molecular formula is C13H16ClF3O2. The number of halogens is 4. The minimum Gasteiger partial charge on any atom is -0.497 e. The highest BCUT2D eigenvalue weighted by molar-refractivity contribution is 6.18. The van der Waals surface area contributed by atoms with Crippen LogP contribution in [0.4, 0.5) is 13.2 Å². The maximum absolute atomic E-state index is 12.0. The summed E-state index contributed by atoms with van der Waals surface area (Å²) in [6.07, 6.45) is -3.74. The van der Waals surface area contributed by atoms with E-state index in [1.54, 1.807) is 13.2 Å². The average molecular weight is 297 g/mol. The molecular weight excluding hydrogens is 281 g/mol. The third kappa shape index (κ3) is 6.68. The SMILES string of the molecule is COc1cccc(CC(CCl)COCC(F)(F)F)c1. The lowest BCUT2D eigenvalue weighted by molar-refractivity contribution is -0.176.